The van der Waals surface area contributed by atoms with Gasteiger partial charge in [0.2, 0.25) is 0 Å². The third kappa shape index (κ3) is 6.85. The van der Waals surface area contributed by atoms with Crippen molar-refractivity contribution in [3.8, 4) is 11.5 Å². The first-order chi connectivity index (χ1) is 20.2. The van der Waals surface area contributed by atoms with E-state index in [-0.39, 0.29) is 17.9 Å². The highest BCUT2D eigenvalue weighted by Crippen LogP contribution is 2.30. The molecule has 1 heterocycles. The van der Waals surface area contributed by atoms with E-state index in [2.05, 4.69) is 21.2 Å². The fraction of sp³-hybridized carbons (Fsp3) is 0.0938. The van der Waals surface area contributed by atoms with Crippen molar-refractivity contribution < 1.29 is 23.9 Å². The molecule has 42 heavy (non-hydrogen) atoms. The number of nitrogens with zero attached hydrogens (tertiary/aromatic N) is 1. The van der Waals surface area contributed by atoms with Crippen molar-refractivity contribution >= 4 is 68.7 Å². The molecule has 0 unspecified atom stereocenters. The molecule has 0 spiro atoms. The van der Waals surface area contributed by atoms with Crippen LogP contribution in [-0.4, -0.2) is 17.8 Å². The Morgan fingerprint density at radius 1 is 0.857 bits per heavy atom. The maximum atomic E-state index is 13.5. The quantitative estimate of drug-likeness (QED) is 0.153. The number of aryl methyl sites for hydroxylation is 1. The van der Waals surface area contributed by atoms with Gasteiger partial charge in [0.05, 0.1) is 5.69 Å². The van der Waals surface area contributed by atoms with Crippen LogP contribution in [0.2, 0.25) is 10.0 Å². The van der Waals surface area contributed by atoms with Gasteiger partial charge in [-0.1, -0.05) is 75.0 Å². The summed E-state index contributed by atoms with van der Waals surface area (Å²) in [6, 6.07) is 23.8. The van der Waals surface area contributed by atoms with Crippen LogP contribution in [-0.2, 0) is 22.8 Å². The van der Waals surface area contributed by atoms with Crippen molar-refractivity contribution in [2.45, 2.75) is 20.1 Å². The topological polar surface area (TPSA) is 84.9 Å². The van der Waals surface area contributed by atoms with Crippen LogP contribution >= 0.6 is 39.1 Å². The number of carbonyl (C=O) groups is 3. The fourth-order valence-electron chi connectivity index (χ4n) is 4.15. The predicted octanol–water partition coefficient (Wildman–Crippen LogP) is 7.89. The van der Waals surface area contributed by atoms with E-state index < -0.39 is 17.8 Å². The van der Waals surface area contributed by atoms with Crippen molar-refractivity contribution in [1.29, 1.82) is 0 Å². The largest absolute Gasteiger partial charge is 0.489 e. The molecule has 1 N–H and O–H groups in total. The van der Waals surface area contributed by atoms with Crippen molar-refractivity contribution in [1.82, 2.24) is 5.32 Å². The van der Waals surface area contributed by atoms with E-state index in [0.29, 0.717) is 33.7 Å². The van der Waals surface area contributed by atoms with Crippen molar-refractivity contribution in [2.24, 2.45) is 0 Å². The average Bonchev–Trinajstić information content (AvgIpc) is 2.96. The lowest BCUT2D eigenvalue weighted by Gasteiger charge is -2.26. The number of ether oxygens (including phenoxy) is 2. The summed E-state index contributed by atoms with van der Waals surface area (Å²) in [5.41, 5.74) is 3.39. The highest BCUT2D eigenvalue weighted by Gasteiger charge is 2.37. The van der Waals surface area contributed by atoms with E-state index in [9.17, 15) is 14.4 Å². The monoisotopic (exact) mass is 664 g/mol. The average molecular weight is 666 g/mol. The van der Waals surface area contributed by atoms with Crippen LogP contribution in [0, 0.1) is 6.92 Å². The summed E-state index contributed by atoms with van der Waals surface area (Å²) in [7, 11) is 0. The number of anilines is 1. The zero-order valence-corrected chi connectivity index (χ0v) is 25.3. The second-order valence-electron chi connectivity index (χ2n) is 9.43. The van der Waals surface area contributed by atoms with Crippen molar-refractivity contribution in [2.75, 3.05) is 4.90 Å². The maximum absolute atomic E-state index is 13.5. The molecule has 1 fully saturated rings. The van der Waals surface area contributed by atoms with Gasteiger partial charge < -0.3 is 9.47 Å². The first-order valence-corrected chi connectivity index (χ1v) is 14.3. The number of amides is 4. The molecule has 0 radical (unpaired) electrons. The van der Waals surface area contributed by atoms with Gasteiger partial charge in [0, 0.05) is 25.6 Å². The Labute approximate surface area is 260 Å². The van der Waals surface area contributed by atoms with E-state index in [0.717, 1.165) is 26.1 Å². The van der Waals surface area contributed by atoms with Gasteiger partial charge in [-0.15, -0.1) is 0 Å². The molecule has 1 saturated heterocycles. The van der Waals surface area contributed by atoms with Crippen LogP contribution in [0.5, 0.6) is 11.5 Å². The Kier molecular flexibility index (Phi) is 8.97. The number of halogens is 3. The molecule has 0 saturated carbocycles. The molecule has 0 aliphatic carbocycles. The normalized spacial score (nSPS) is 14.2. The Hall–Kier alpha value is -4.11. The van der Waals surface area contributed by atoms with Gasteiger partial charge in [-0.25, -0.2) is 9.69 Å². The molecular weight excluding hydrogens is 643 g/mol. The summed E-state index contributed by atoms with van der Waals surface area (Å²) in [5, 5.41) is 3.25. The number of imide groups is 2. The van der Waals surface area contributed by atoms with E-state index in [1.54, 1.807) is 60.7 Å². The molecule has 10 heteroatoms. The van der Waals surface area contributed by atoms with Gasteiger partial charge in [-0.3, -0.25) is 14.9 Å². The molecular formula is C32H23BrCl2N2O5. The summed E-state index contributed by atoms with van der Waals surface area (Å²) in [5.74, 6) is -0.607. The Bertz CT molecular complexity index is 1710. The fourth-order valence-corrected chi connectivity index (χ4v) is 4.99. The zero-order chi connectivity index (χ0) is 29.8. The minimum absolute atomic E-state index is 0.195. The van der Waals surface area contributed by atoms with Gasteiger partial charge >= 0.3 is 6.03 Å². The Morgan fingerprint density at radius 3 is 2.31 bits per heavy atom. The first-order valence-electron chi connectivity index (χ1n) is 12.7. The van der Waals surface area contributed by atoms with Crippen LogP contribution in [0.1, 0.15) is 22.3 Å². The molecule has 0 bridgehead atoms. The van der Waals surface area contributed by atoms with Gasteiger partial charge in [0.25, 0.3) is 11.8 Å². The SMILES string of the molecule is Cc1ccc(COc2ccc(Br)cc2/C=C2\C(=O)NC(=O)N(c3ccc(OCc4ccc(Cl)cc4Cl)cc3)C2=O)cc1. The lowest BCUT2D eigenvalue weighted by atomic mass is 10.1. The third-order valence-electron chi connectivity index (χ3n) is 6.39. The molecule has 1 aliphatic heterocycles. The van der Waals surface area contributed by atoms with E-state index in [1.165, 1.54) is 6.08 Å². The molecule has 4 amide bonds. The number of hydrogen-bond donors (Lipinski definition) is 1. The van der Waals surface area contributed by atoms with Crippen LogP contribution < -0.4 is 19.7 Å². The van der Waals surface area contributed by atoms with E-state index >= 15 is 0 Å². The number of hydrogen-bond acceptors (Lipinski definition) is 5. The molecule has 7 nitrogen and oxygen atoms in total. The number of benzene rings is 4. The number of urea groups is 1. The van der Waals surface area contributed by atoms with Crippen molar-refractivity contribution in [3.05, 3.63) is 127 Å². The summed E-state index contributed by atoms with van der Waals surface area (Å²) >= 11 is 15.6. The smallest absolute Gasteiger partial charge is 0.335 e. The van der Waals surface area contributed by atoms with Gasteiger partial charge in [0.15, 0.2) is 0 Å². The minimum Gasteiger partial charge on any atom is -0.489 e. The predicted molar refractivity (Wildman–Crippen MR) is 166 cm³/mol. The lowest BCUT2D eigenvalue weighted by Crippen LogP contribution is -2.54. The second kappa shape index (κ2) is 12.8. The lowest BCUT2D eigenvalue weighted by molar-refractivity contribution is -0.122. The number of carbonyl (C=O) groups excluding carboxylic acids is 3. The second-order valence-corrected chi connectivity index (χ2v) is 11.2. The molecule has 4 aromatic carbocycles. The summed E-state index contributed by atoms with van der Waals surface area (Å²) in [6.45, 7) is 2.49. The van der Waals surface area contributed by atoms with Crippen LogP contribution in [0.4, 0.5) is 10.5 Å². The number of barbiturate groups is 1. The standard InChI is InChI=1S/C32H23BrCl2N2O5/c1-19-2-4-20(5-3-19)17-42-29-13-7-23(33)14-22(29)15-27-30(38)36-32(40)37(31(27)39)25-9-11-26(12-10-25)41-18-21-6-8-24(34)16-28(21)35/h2-16H,17-18H2,1H3,(H,36,38,40)/b27-15+. The van der Waals surface area contributed by atoms with Crippen LogP contribution in [0.3, 0.4) is 0 Å². The molecule has 0 atom stereocenters. The van der Waals surface area contributed by atoms with Crippen molar-refractivity contribution in [3.63, 3.8) is 0 Å². The zero-order valence-electron chi connectivity index (χ0n) is 22.2. The molecule has 1 aliphatic rings. The third-order valence-corrected chi connectivity index (χ3v) is 7.47. The highest BCUT2D eigenvalue weighted by molar-refractivity contribution is 9.10. The molecule has 5 rings (SSSR count). The maximum Gasteiger partial charge on any atom is 0.335 e. The number of nitrogens with one attached hydrogen (secondary N) is 1. The van der Waals surface area contributed by atoms with Gasteiger partial charge in [0.1, 0.15) is 30.3 Å². The summed E-state index contributed by atoms with van der Waals surface area (Å²) < 4.78 is 12.5. The van der Waals surface area contributed by atoms with Gasteiger partial charge in [-0.2, -0.15) is 0 Å². The molecule has 4 aromatic rings. The van der Waals surface area contributed by atoms with E-state index in [1.807, 2.05) is 31.2 Å². The highest BCUT2D eigenvalue weighted by atomic mass is 79.9. The Balaban J connectivity index is 1.35. The van der Waals surface area contributed by atoms with Gasteiger partial charge in [-0.05, 0) is 73.2 Å². The minimum atomic E-state index is -0.853. The summed E-state index contributed by atoms with van der Waals surface area (Å²) in [4.78, 5) is 39.9. The molecule has 212 valence electrons. The Morgan fingerprint density at radius 2 is 1.60 bits per heavy atom. The van der Waals surface area contributed by atoms with Crippen LogP contribution in [0.25, 0.3) is 6.08 Å². The van der Waals surface area contributed by atoms with Crippen LogP contribution in [0.15, 0.2) is 95.0 Å². The summed E-state index contributed by atoms with van der Waals surface area (Å²) in [6.07, 6.45) is 1.42. The van der Waals surface area contributed by atoms with E-state index in [4.69, 9.17) is 32.7 Å². The molecule has 0 aromatic heterocycles. The first kappa shape index (κ1) is 29.4. The number of rotatable bonds is 8.